The Balaban J connectivity index is 1.06. The standard InChI is InChI=1S/C61H75N17O17/c1-29(70-60(94)46-11-6-18-78(46)61(95)45-27-68-54(88)36(62)22-49(82)72-43(21-32-26-67-38-10-5-3-8-35(32)38)58(92)76-44(24-48(64)81)59(93)77-45)53(87)74-41(19-30-12-14-33(79)15-13-30)57(91)73-39(16-17-51(84)85)56(90)75-42(20-31-25-66-37-9-4-2-7-34(31)37)55(89)69-28-50(83)71-40(52(65)86)23-47(63)80/h2-5,7-10,12-15,25-26,29,36,39-46,66-67,79H,6,11,16-24,27-28,62H2,1H3,(H2,63,80)(H2,64,81)(H2,65,86)(H,68,88)(H,69,89)(H,70,94)(H,71,83)(H,72,82)(H,73,91)(H,74,87)(H,75,90)(H,76,92)(H,77,93)(H,84,85)/t29-,36-,39-,40-,41-,42-,43-,44-,45-,46-/m0/s1. The van der Waals surface area contributed by atoms with E-state index in [4.69, 9.17) is 22.9 Å². The molecule has 0 bridgehead atoms. The number of carboxylic acids is 1. The highest BCUT2D eigenvalue weighted by Gasteiger charge is 2.41. The van der Waals surface area contributed by atoms with Gasteiger partial charge in [-0.2, -0.15) is 0 Å². The third-order valence-corrected chi connectivity index (χ3v) is 15.7. The van der Waals surface area contributed by atoms with Gasteiger partial charge in [-0.25, -0.2) is 0 Å². The van der Waals surface area contributed by atoms with Crippen LogP contribution in [0.15, 0.2) is 85.2 Å². The van der Waals surface area contributed by atoms with Crippen LogP contribution in [0, 0.1) is 0 Å². The fourth-order valence-electron chi connectivity index (χ4n) is 10.8. The molecule has 2 aliphatic rings. The van der Waals surface area contributed by atoms with Crippen LogP contribution in [-0.2, 0) is 91.2 Å². The number of phenolic OH excluding ortho intramolecular Hbond substituents is 1. The van der Waals surface area contributed by atoms with Crippen molar-refractivity contribution < 1.29 is 82.1 Å². The van der Waals surface area contributed by atoms with Gasteiger partial charge in [0.25, 0.3) is 0 Å². The van der Waals surface area contributed by atoms with Crippen LogP contribution in [0.1, 0.15) is 68.6 Å². The summed E-state index contributed by atoms with van der Waals surface area (Å²) in [7, 11) is 0. The molecule has 34 nitrogen and oxygen atoms in total. The fraction of sp³-hybridized carbons (Fsp3) is 0.393. The van der Waals surface area contributed by atoms with Crippen LogP contribution in [0.4, 0.5) is 0 Å². The molecule has 2 fully saturated rings. The number of carbonyl (C=O) groups excluding carboxylic acids is 14. The molecule has 2 saturated heterocycles. The first-order chi connectivity index (χ1) is 45.1. The molecule has 3 aromatic carbocycles. The number of amides is 14. The topological polar surface area (TPSA) is 556 Å². The molecule has 0 radical (unpaired) electrons. The minimum absolute atomic E-state index is 0.00179. The molecule has 2 aromatic heterocycles. The van der Waals surface area contributed by atoms with Crippen LogP contribution in [0.2, 0.25) is 0 Å². The molecule has 0 aliphatic carbocycles. The molecule has 95 heavy (non-hydrogen) atoms. The Morgan fingerprint density at radius 2 is 1.25 bits per heavy atom. The number of aromatic nitrogens is 2. The molecule has 2 aliphatic heterocycles. The van der Waals surface area contributed by atoms with Gasteiger partial charge in [-0.3, -0.25) is 71.9 Å². The van der Waals surface area contributed by atoms with Gasteiger partial charge in [-0.1, -0.05) is 48.5 Å². The number of hydrogen-bond donors (Lipinski definition) is 18. The smallest absolute Gasteiger partial charge is 0.303 e. The van der Waals surface area contributed by atoms with Crippen LogP contribution in [0.25, 0.3) is 21.8 Å². The van der Waals surface area contributed by atoms with Crippen LogP contribution < -0.4 is 76.1 Å². The van der Waals surface area contributed by atoms with Crippen LogP contribution in [0.3, 0.4) is 0 Å². The van der Waals surface area contributed by atoms with Gasteiger partial charge in [0.2, 0.25) is 82.7 Å². The second-order valence-electron chi connectivity index (χ2n) is 22.9. The van der Waals surface area contributed by atoms with E-state index in [1.54, 1.807) is 60.9 Å². The van der Waals surface area contributed by atoms with Gasteiger partial charge in [0, 0.05) is 73.0 Å². The van der Waals surface area contributed by atoms with Crippen molar-refractivity contribution in [3.8, 4) is 5.75 Å². The molecule has 0 spiro atoms. The summed E-state index contributed by atoms with van der Waals surface area (Å²) in [6, 6.07) is 3.67. The van der Waals surface area contributed by atoms with Gasteiger partial charge < -0.3 is 101 Å². The first-order valence-corrected chi connectivity index (χ1v) is 30.1. The zero-order chi connectivity index (χ0) is 69.2. The summed E-state index contributed by atoms with van der Waals surface area (Å²) >= 11 is 0. The Hall–Kier alpha value is -11.5. The fourth-order valence-corrected chi connectivity index (χ4v) is 10.8. The van der Waals surface area contributed by atoms with Crippen LogP contribution in [-0.4, -0.2) is 194 Å². The van der Waals surface area contributed by atoms with Crippen LogP contribution >= 0.6 is 0 Å². The highest BCUT2D eigenvalue weighted by molar-refractivity contribution is 6.01. The maximum absolute atomic E-state index is 14.6. The van der Waals surface area contributed by atoms with E-state index < -0.39 is 194 Å². The first kappa shape index (κ1) is 71.0. The molecular weight excluding hydrogens is 1240 g/mol. The summed E-state index contributed by atoms with van der Waals surface area (Å²) in [5, 5.41) is 45.6. The number of hydrogen-bond acceptors (Lipinski definition) is 17. The molecule has 0 unspecified atom stereocenters. The molecule has 34 heteroatoms. The predicted octanol–water partition coefficient (Wildman–Crippen LogP) is -5.66. The average molecular weight is 1320 g/mol. The number of rotatable bonds is 27. The normalized spacial score (nSPS) is 19.3. The molecule has 4 heterocycles. The summed E-state index contributed by atoms with van der Waals surface area (Å²) in [6.45, 7) is -0.363. The van der Waals surface area contributed by atoms with E-state index in [9.17, 15) is 82.1 Å². The van der Waals surface area contributed by atoms with E-state index in [2.05, 4.69) is 63.1 Å². The van der Waals surface area contributed by atoms with E-state index >= 15 is 0 Å². The highest BCUT2D eigenvalue weighted by atomic mass is 16.4. The summed E-state index contributed by atoms with van der Waals surface area (Å²) in [6.07, 6.45) is -0.762. The van der Waals surface area contributed by atoms with Crippen LogP contribution in [0.5, 0.6) is 5.75 Å². The third-order valence-electron chi connectivity index (χ3n) is 15.7. The van der Waals surface area contributed by atoms with Gasteiger partial charge >= 0.3 is 5.97 Å². The SMILES string of the molecule is C[C@H](NC(=O)[C@@H]1CCCN1C(=O)[C@@H]1CNC(=O)[C@@H](N)CC(=O)N[C@@H](Cc2c[nH]c3ccccc23)C(=O)N[C@@H](CC(N)=O)C(=O)N1)C(=O)N[C@@H](Cc1ccc(O)cc1)C(=O)N[C@@H](CCC(=O)O)C(=O)N[C@@H](Cc1c[nH]c2ccccc12)C(=O)NCC(=O)N[C@@H](CC(N)=O)C(N)=O. The quantitative estimate of drug-likeness (QED) is 0.0233. The largest absolute Gasteiger partial charge is 0.508 e. The lowest BCUT2D eigenvalue weighted by Gasteiger charge is -2.31. The number of nitrogens with one attached hydrogen (secondary N) is 12. The second kappa shape index (κ2) is 32.7. The number of aromatic hydroxyl groups is 1. The molecule has 22 N–H and O–H groups in total. The Bertz CT molecular complexity index is 3760. The van der Waals surface area contributed by atoms with Gasteiger partial charge in [-0.05, 0) is 67.1 Å². The van der Waals surface area contributed by atoms with Crippen molar-refractivity contribution in [2.45, 2.75) is 132 Å². The number of primary amides is 3. The summed E-state index contributed by atoms with van der Waals surface area (Å²) in [5.74, 6) is -15.5. The van der Waals surface area contributed by atoms with E-state index in [-0.39, 0.29) is 44.4 Å². The lowest BCUT2D eigenvalue weighted by molar-refractivity contribution is -0.143. The number of nitrogens with zero attached hydrogens (tertiary/aromatic N) is 1. The number of aromatic amines is 2. The lowest BCUT2D eigenvalue weighted by Crippen LogP contribution is -2.62. The van der Waals surface area contributed by atoms with Gasteiger partial charge in [0.1, 0.15) is 60.1 Å². The zero-order valence-corrected chi connectivity index (χ0v) is 51.3. The van der Waals surface area contributed by atoms with Crippen molar-refractivity contribution in [3.05, 3.63) is 102 Å². The number of likely N-dealkylation sites (tertiary alicyclic amines) is 1. The maximum atomic E-state index is 14.6. The number of nitrogens with two attached hydrogens (primary N) is 4. The summed E-state index contributed by atoms with van der Waals surface area (Å²) in [4.78, 5) is 209. The minimum Gasteiger partial charge on any atom is -0.508 e. The van der Waals surface area contributed by atoms with Crippen molar-refractivity contribution >= 4 is 110 Å². The Morgan fingerprint density at radius 1 is 0.653 bits per heavy atom. The zero-order valence-electron chi connectivity index (χ0n) is 51.3. The third kappa shape index (κ3) is 20.0. The number of aliphatic carboxylic acids is 1. The average Bonchev–Trinajstić information content (AvgIpc) is 1.78. The number of benzene rings is 3. The summed E-state index contributed by atoms with van der Waals surface area (Å²) < 4.78 is 0. The van der Waals surface area contributed by atoms with Gasteiger partial charge in [-0.15, -0.1) is 0 Å². The van der Waals surface area contributed by atoms with E-state index in [1.165, 1.54) is 31.2 Å². The molecule has 14 amide bonds. The predicted molar refractivity (Wildman–Crippen MR) is 334 cm³/mol. The van der Waals surface area contributed by atoms with Gasteiger partial charge in [0.05, 0.1) is 31.8 Å². The number of carbonyl (C=O) groups is 15. The number of para-hydroxylation sites is 2. The van der Waals surface area contributed by atoms with Crippen molar-refractivity contribution in [2.24, 2.45) is 22.9 Å². The highest BCUT2D eigenvalue weighted by Crippen LogP contribution is 2.23. The van der Waals surface area contributed by atoms with Crippen molar-refractivity contribution in [1.82, 2.24) is 68.0 Å². The molecule has 506 valence electrons. The Morgan fingerprint density at radius 3 is 1.89 bits per heavy atom. The lowest BCUT2D eigenvalue weighted by atomic mass is 10.0. The van der Waals surface area contributed by atoms with Crippen molar-refractivity contribution in [1.29, 1.82) is 0 Å². The van der Waals surface area contributed by atoms with E-state index in [0.717, 1.165) is 4.90 Å². The first-order valence-electron chi connectivity index (χ1n) is 30.1. The minimum atomic E-state index is -1.75. The molecule has 10 atom stereocenters. The van der Waals surface area contributed by atoms with Gasteiger partial charge in [0.15, 0.2) is 0 Å². The number of phenols is 1. The Labute approximate surface area is 540 Å². The van der Waals surface area contributed by atoms with Crippen molar-refractivity contribution in [2.75, 3.05) is 19.6 Å². The molecular formula is C61H75N17O17. The maximum Gasteiger partial charge on any atom is 0.303 e. The number of fused-ring (bicyclic) bond motifs is 2. The summed E-state index contributed by atoms with van der Waals surface area (Å²) in [5.41, 5.74) is 24.9. The monoisotopic (exact) mass is 1320 g/mol. The second-order valence-corrected chi connectivity index (χ2v) is 22.9. The van der Waals surface area contributed by atoms with E-state index in [0.29, 0.717) is 38.5 Å². The number of H-pyrrole nitrogens is 2. The van der Waals surface area contributed by atoms with E-state index in [1.807, 2.05) is 0 Å². The molecule has 5 aromatic rings. The Kier molecular flexibility index (Phi) is 24.4. The molecule has 7 rings (SSSR count). The molecule has 0 saturated carbocycles. The number of carboxylic acid groups (broad SMARTS) is 1. The van der Waals surface area contributed by atoms with Crippen molar-refractivity contribution in [3.63, 3.8) is 0 Å².